The van der Waals surface area contributed by atoms with Gasteiger partial charge in [-0.05, 0) is 32.1 Å². The van der Waals surface area contributed by atoms with Crippen LogP contribution in [0.3, 0.4) is 0 Å². The Labute approximate surface area is 139 Å². The first-order valence-electron chi connectivity index (χ1n) is 8.26. The molecule has 1 heterocycles. The van der Waals surface area contributed by atoms with Gasteiger partial charge in [-0.15, -0.1) is 12.4 Å². The molecule has 1 saturated heterocycles. The second-order valence-corrected chi connectivity index (χ2v) is 6.65. The molecule has 1 saturated carbocycles. The summed E-state index contributed by atoms with van der Waals surface area (Å²) in [5.41, 5.74) is -0.600. The van der Waals surface area contributed by atoms with Crippen LogP contribution in [0, 0.1) is 11.3 Å². The molecular formula is C16H29ClN2O3. The Balaban J connectivity index is 0.00000242. The van der Waals surface area contributed by atoms with Gasteiger partial charge < -0.3 is 10.4 Å². The van der Waals surface area contributed by atoms with Gasteiger partial charge >= 0.3 is 5.97 Å². The molecule has 2 aliphatic rings. The number of nitrogens with one attached hydrogen (secondary N) is 1. The Morgan fingerprint density at radius 1 is 1.41 bits per heavy atom. The number of carboxylic acid groups (broad SMARTS) is 1. The van der Waals surface area contributed by atoms with Crippen molar-refractivity contribution in [1.82, 2.24) is 10.2 Å². The van der Waals surface area contributed by atoms with Gasteiger partial charge in [0.2, 0.25) is 5.91 Å². The largest absolute Gasteiger partial charge is 0.481 e. The van der Waals surface area contributed by atoms with E-state index < -0.39 is 11.4 Å². The second kappa shape index (κ2) is 8.16. The number of hydrogen-bond acceptors (Lipinski definition) is 3. The lowest BCUT2D eigenvalue weighted by Gasteiger charge is -2.26. The first-order chi connectivity index (χ1) is 10.0. The van der Waals surface area contributed by atoms with Crippen LogP contribution in [0.1, 0.15) is 52.4 Å². The third-order valence-corrected chi connectivity index (χ3v) is 5.33. The summed E-state index contributed by atoms with van der Waals surface area (Å²) in [6, 6.07) is -0.228. The summed E-state index contributed by atoms with van der Waals surface area (Å²) < 4.78 is 0. The van der Waals surface area contributed by atoms with Gasteiger partial charge in [-0.2, -0.15) is 0 Å². The number of carbonyl (C=O) groups is 2. The monoisotopic (exact) mass is 332 g/mol. The number of hydrogen-bond donors (Lipinski definition) is 2. The minimum Gasteiger partial charge on any atom is -0.481 e. The number of carbonyl (C=O) groups excluding carboxylic acids is 1. The first-order valence-corrected chi connectivity index (χ1v) is 8.26. The van der Waals surface area contributed by atoms with Gasteiger partial charge in [0.25, 0.3) is 0 Å². The zero-order chi connectivity index (χ0) is 15.5. The van der Waals surface area contributed by atoms with Crippen molar-refractivity contribution < 1.29 is 14.7 Å². The van der Waals surface area contributed by atoms with Crippen LogP contribution in [-0.2, 0) is 9.59 Å². The lowest BCUT2D eigenvalue weighted by molar-refractivity contribution is -0.149. The molecule has 0 bridgehead atoms. The third-order valence-electron chi connectivity index (χ3n) is 5.33. The molecule has 0 aromatic carbocycles. The number of likely N-dealkylation sites (tertiary alicyclic amines) is 1. The van der Waals surface area contributed by atoms with E-state index in [4.69, 9.17) is 0 Å². The fourth-order valence-corrected chi connectivity index (χ4v) is 3.87. The summed E-state index contributed by atoms with van der Waals surface area (Å²) in [7, 11) is 0. The number of fused-ring (bicyclic) bond motifs is 1. The molecule has 3 atom stereocenters. The smallest absolute Gasteiger partial charge is 0.311 e. The van der Waals surface area contributed by atoms with Crippen molar-refractivity contribution in [2.24, 2.45) is 11.3 Å². The molecule has 0 spiro atoms. The molecule has 0 aromatic heterocycles. The number of unbranched alkanes of at least 4 members (excludes halogenated alkanes) is 2. The van der Waals surface area contributed by atoms with E-state index in [1.165, 1.54) is 0 Å². The SMILES string of the molecule is CCCCCNC(=O)C(C)N1C[C@@H]2CCC[C@@]2(C(=O)O)C1.Cl. The van der Waals surface area contributed by atoms with Crippen LogP contribution < -0.4 is 5.32 Å². The molecule has 0 aromatic rings. The Morgan fingerprint density at radius 2 is 2.14 bits per heavy atom. The van der Waals surface area contributed by atoms with Crippen molar-refractivity contribution in [3.8, 4) is 0 Å². The van der Waals surface area contributed by atoms with Gasteiger partial charge in [-0.25, -0.2) is 0 Å². The maximum Gasteiger partial charge on any atom is 0.311 e. The Bertz CT molecular complexity index is 405. The first kappa shape index (κ1) is 19.2. The van der Waals surface area contributed by atoms with E-state index in [1.807, 2.05) is 6.92 Å². The van der Waals surface area contributed by atoms with Gasteiger partial charge in [0.15, 0.2) is 0 Å². The summed E-state index contributed by atoms with van der Waals surface area (Å²) >= 11 is 0. The van der Waals surface area contributed by atoms with Crippen LogP contribution in [-0.4, -0.2) is 47.6 Å². The van der Waals surface area contributed by atoms with Crippen LogP contribution in [0.4, 0.5) is 0 Å². The van der Waals surface area contributed by atoms with E-state index in [0.717, 1.165) is 51.6 Å². The molecule has 1 unspecified atom stereocenters. The van der Waals surface area contributed by atoms with Gasteiger partial charge in [-0.3, -0.25) is 14.5 Å². The van der Waals surface area contributed by atoms with Crippen molar-refractivity contribution in [1.29, 1.82) is 0 Å². The van der Waals surface area contributed by atoms with Crippen LogP contribution in [0.2, 0.25) is 0 Å². The van der Waals surface area contributed by atoms with E-state index in [1.54, 1.807) is 0 Å². The predicted octanol–water partition coefficient (Wildman–Crippen LogP) is 2.29. The highest BCUT2D eigenvalue weighted by molar-refractivity contribution is 5.85. The van der Waals surface area contributed by atoms with Crippen molar-refractivity contribution in [2.75, 3.05) is 19.6 Å². The topological polar surface area (TPSA) is 69.6 Å². The lowest BCUT2D eigenvalue weighted by Crippen LogP contribution is -2.46. The van der Waals surface area contributed by atoms with Crippen LogP contribution in [0.25, 0.3) is 0 Å². The van der Waals surface area contributed by atoms with Crippen LogP contribution >= 0.6 is 12.4 Å². The van der Waals surface area contributed by atoms with Crippen molar-refractivity contribution >= 4 is 24.3 Å². The number of rotatable bonds is 7. The maximum absolute atomic E-state index is 12.2. The molecule has 22 heavy (non-hydrogen) atoms. The zero-order valence-electron chi connectivity index (χ0n) is 13.6. The summed E-state index contributed by atoms with van der Waals surface area (Å²) in [6.45, 7) is 6.02. The summed E-state index contributed by atoms with van der Waals surface area (Å²) in [5.74, 6) is -0.431. The Morgan fingerprint density at radius 3 is 2.73 bits per heavy atom. The van der Waals surface area contributed by atoms with E-state index >= 15 is 0 Å². The van der Waals surface area contributed by atoms with Crippen molar-refractivity contribution in [3.63, 3.8) is 0 Å². The molecule has 2 N–H and O–H groups in total. The molecule has 1 aliphatic heterocycles. The third kappa shape index (κ3) is 3.74. The zero-order valence-corrected chi connectivity index (χ0v) is 14.5. The quantitative estimate of drug-likeness (QED) is 0.702. The predicted molar refractivity (Wildman–Crippen MR) is 88.2 cm³/mol. The fraction of sp³-hybridized carbons (Fsp3) is 0.875. The average Bonchev–Trinajstić information content (AvgIpc) is 3.00. The van der Waals surface area contributed by atoms with E-state index in [2.05, 4.69) is 17.1 Å². The summed E-state index contributed by atoms with van der Waals surface area (Å²) in [4.78, 5) is 25.9. The number of nitrogens with zero attached hydrogens (tertiary/aromatic N) is 1. The normalized spacial score (nSPS) is 28.7. The number of halogens is 1. The molecule has 0 radical (unpaired) electrons. The molecule has 2 rings (SSSR count). The standard InChI is InChI=1S/C16H28N2O3.ClH/c1-3-4-5-9-17-14(19)12(2)18-10-13-7-6-8-16(13,11-18)15(20)21;/h12-13H,3-11H2,1-2H3,(H,17,19)(H,20,21);1H/t12?,13-,16+;/m0./s1. The molecule has 1 aliphatic carbocycles. The molecular weight excluding hydrogens is 304 g/mol. The Hall–Kier alpha value is -0.810. The highest BCUT2D eigenvalue weighted by Gasteiger charge is 2.55. The van der Waals surface area contributed by atoms with Gasteiger partial charge in [-0.1, -0.05) is 26.2 Å². The minimum atomic E-state index is -0.678. The van der Waals surface area contributed by atoms with Crippen LogP contribution in [0.15, 0.2) is 0 Å². The van der Waals surface area contributed by atoms with Crippen molar-refractivity contribution in [2.45, 2.75) is 58.4 Å². The molecule has 6 heteroatoms. The molecule has 1 amide bonds. The highest BCUT2D eigenvalue weighted by Crippen LogP contribution is 2.49. The van der Waals surface area contributed by atoms with E-state index in [-0.39, 0.29) is 30.3 Å². The number of carboxylic acids is 1. The van der Waals surface area contributed by atoms with Crippen LogP contribution in [0.5, 0.6) is 0 Å². The van der Waals surface area contributed by atoms with Gasteiger partial charge in [0, 0.05) is 19.6 Å². The second-order valence-electron chi connectivity index (χ2n) is 6.65. The lowest BCUT2D eigenvalue weighted by atomic mass is 9.81. The number of aliphatic carboxylic acids is 1. The van der Waals surface area contributed by atoms with E-state index in [0.29, 0.717) is 6.54 Å². The average molecular weight is 333 g/mol. The van der Waals surface area contributed by atoms with Gasteiger partial charge in [0.05, 0.1) is 11.5 Å². The van der Waals surface area contributed by atoms with Gasteiger partial charge in [0.1, 0.15) is 0 Å². The maximum atomic E-state index is 12.2. The fourth-order valence-electron chi connectivity index (χ4n) is 3.87. The Kier molecular flexibility index (Phi) is 7.13. The summed E-state index contributed by atoms with van der Waals surface area (Å²) in [5, 5.41) is 12.6. The van der Waals surface area contributed by atoms with Crippen molar-refractivity contribution in [3.05, 3.63) is 0 Å². The molecule has 2 fully saturated rings. The van der Waals surface area contributed by atoms with E-state index in [9.17, 15) is 14.7 Å². The molecule has 5 nitrogen and oxygen atoms in total. The molecule has 128 valence electrons. The number of amides is 1. The highest BCUT2D eigenvalue weighted by atomic mass is 35.5. The minimum absolute atomic E-state index is 0. The summed E-state index contributed by atoms with van der Waals surface area (Å²) in [6.07, 6.45) is 6.02.